The van der Waals surface area contributed by atoms with E-state index in [0.29, 0.717) is 5.56 Å². The van der Waals surface area contributed by atoms with Crippen molar-refractivity contribution < 1.29 is 13.2 Å². The third kappa shape index (κ3) is 2.69. The van der Waals surface area contributed by atoms with Crippen molar-refractivity contribution in [2.45, 2.75) is 4.90 Å². The fourth-order valence-electron chi connectivity index (χ4n) is 1.12. The van der Waals surface area contributed by atoms with Crippen molar-refractivity contribution in [2.24, 2.45) is 0 Å². The van der Waals surface area contributed by atoms with Gasteiger partial charge in [0.1, 0.15) is 0 Å². The number of carbonyl (C=O) groups excluding carboxylic acids is 1. The Bertz CT molecular complexity index is 497. The Morgan fingerprint density at radius 2 is 2.00 bits per heavy atom. The molecule has 0 aromatic heterocycles. The summed E-state index contributed by atoms with van der Waals surface area (Å²) < 4.78 is 24.7. The van der Waals surface area contributed by atoms with Gasteiger partial charge in [0, 0.05) is 19.7 Å². The highest BCUT2D eigenvalue weighted by Crippen LogP contribution is 2.15. The Morgan fingerprint density at radius 1 is 1.38 bits per heavy atom. The molecule has 0 aliphatic rings. The summed E-state index contributed by atoms with van der Waals surface area (Å²) >= 11 is 3.05. The lowest BCUT2D eigenvalue weighted by molar-refractivity contribution is 0.102. The Labute approximate surface area is 103 Å². The van der Waals surface area contributed by atoms with Gasteiger partial charge in [-0.15, -0.1) is 0 Å². The lowest BCUT2D eigenvalue weighted by Crippen LogP contribution is -2.22. The average molecular weight is 306 g/mol. The minimum absolute atomic E-state index is 0.129. The molecule has 0 saturated heterocycles. The molecule has 0 radical (unpaired) electrons. The Hall–Kier alpha value is -0.720. The summed E-state index contributed by atoms with van der Waals surface area (Å²) in [6.45, 7) is 0. The second kappa shape index (κ2) is 5.07. The zero-order chi connectivity index (χ0) is 12.3. The lowest BCUT2D eigenvalue weighted by atomic mass is 10.2. The second-order valence-electron chi connectivity index (χ2n) is 3.37. The first-order valence-electron chi connectivity index (χ1n) is 4.51. The van der Waals surface area contributed by atoms with E-state index in [1.807, 2.05) is 0 Å². The molecule has 1 rings (SSSR count). The van der Waals surface area contributed by atoms with Crippen LogP contribution in [0.5, 0.6) is 0 Å². The molecule has 6 heteroatoms. The zero-order valence-corrected chi connectivity index (χ0v) is 11.4. The van der Waals surface area contributed by atoms with Crippen LogP contribution in [0.3, 0.4) is 0 Å². The van der Waals surface area contributed by atoms with E-state index >= 15 is 0 Å². The van der Waals surface area contributed by atoms with Crippen LogP contribution in [0.2, 0.25) is 0 Å². The Kier molecular flexibility index (Phi) is 4.23. The Morgan fingerprint density at radius 3 is 2.50 bits per heavy atom. The topological polar surface area (TPSA) is 54.5 Å². The fraction of sp³-hybridized carbons (Fsp3) is 0.300. The molecule has 0 saturated carbocycles. The first-order valence-corrected chi connectivity index (χ1v) is 7.07. The van der Waals surface area contributed by atoms with Gasteiger partial charge in [0.2, 0.25) is 10.0 Å². The predicted molar refractivity (Wildman–Crippen MR) is 65.4 cm³/mol. The summed E-state index contributed by atoms with van der Waals surface area (Å²) in [6.07, 6.45) is 0. The van der Waals surface area contributed by atoms with Gasteiger partial charge in [-0.2, -0.15) is 0 Å². The van der Waals surface area contributed by atoms with Gasteiger partial charge >= 0.3 is 0 Å². The van der Waals surface area contributed by atoms with Crippen LogP contribution < -0.4 is 0 Å². The molecule has 4 nitrogen and oxygen atoms in total. The van der Waals surface area contributed by atoms with Gasteiger partial charge in [-0.1, -0.05) is 28.1 Å². The standard InChI is InChI=1S/C10H12BrNO3S/c1-12(2)16(14,15)9-5-3-4-8(6-9)10(13)7-11/h3-6H,7H2,1-2H3. The third-order valence-electron chi connectivity index (χ3n) is 2.06. The van der Waals surface area contributed by atoms with Crippen molar-refractivity contribution in [2.75, 3.05) is 19.4 Å². The van der Waals surface area contributed by atoms with E-state index in [4.69, 9.17) is 0 Å². The summed E-state index contributed by atoms with van der Waals surface area (Å²) in [5, 5.41) is 0.179. The van der Waals surface area contributed by atoms with E-state index in [1.54, 1.807) is 12.1 Å². The van der Waals surface area contributed by atoms with Crippen LogP contribution in [0, 0.1) is 0 Å². The van der Waals surface area contributed by atoms with Crippen LogP contribution in [0.1, 0.15) is 10.4 Å². The van der Waals surface area contributed by atoms with Crippen molar-refractivity contribution >= 4 is 31.7 Å². The van der Waals surface area contributed by atoms with Crippen LogP contribution in [0.15, 0.2) is 29.2 Å². The van der Waals surface area contributed by atoms with Crippen molar-refractivity contribution in [1.82, 2.24) is 4.31 Å². The van der Waals surface area contributed by atoms with E-state index < -0.39 is 10.0 Å². The number of benzene rings is 1. The summed E-state index contributed by atoms with van der Waals surface area (Å²) in [7, 11) is -0.570. The monoisotopic (exact) mass is 305 g/mol. The number of alkyl halides is 1. The first-order chi connectivity index (χ1) is 7.39. The van der Waals surface area contributed by atoms with E-state index in [0.717, 1.165) is 4.31 Å². The summed E-state index contributed by atoms with van der Waals surface area (Å²) in [6, 6.07) is 6.02. The second-order valence-corrected chi connectivity index (χ2v) is 6.08. The molecule has 1 aromatic carbocycles. The maximum atomic E-state index is 11.8. The number of nitrogens with zero attached hydrogens (tertiary/aromatic N) is 1. The normalized spacial score (nSPS) is 11.8. The minimum atomic E-state index is -3.48. The van der Waals surface area contributed by atoms with Crippen LogP contribution in [-0.4, -0.2) is 37.9 Å². The van der Waals surface area contributed by atoms with Crippen molar-refractivity contribution in [1.29, 1.82) is 0 Å². The number of rotatable bonds is 4. The Balaban J connectivity index is 3.24. The number of sulfonamides is 1. The highest BCUT2D eigenvalue weighted by Gasteiger charge is 2.18. The first kappa shape index (κ1) is 13.3. The minimum Gasteiger partial charge on any atom is -0.293 e. The third-order valence-corrected chi connectivity index (χ3v) is 4.38. The van der Waals surface area contributed by atoms with Gasteiger partial charge in [-0.3, -0.25) is 4.79 Å². The smallest absolute Gasteiger partial charge is 0.242 e. The number of hydrogen-bond acceptors (Lipinski definition) is 3. The molecule has 0 amide bonds. The highest BCUT2D eigenvalue weighted by atomic mass is 79.9. The van der Waals surface area contributed by atoms with Gasteiger partial charge in [0.05, 0.1) is 10.2 Å². The van der Waals surface area contributed by atoms with Crippen molar-refractivity contribution in [3.8, 4) is 0 Å². The molecule has 0 heterocycles. The van der Waals surface area contributed by atoms with Crippen molar-refractivity contribution in [3.05, 3.63) is 29.8 Å². The van der Waals surface area contributed by atoms with Crippen LogP contribution in [-0.2, 0) is 10.0 Å². The maximum Gasteiger partial charge on any atom is 0.242 e. The predicted octanol–water partition coefficient (Wildman–Crippen LogP) is 1.51. The SMILES string of the molecule is CN(C)S(=O)(=O)c1cccc(C(=O)CBr)c1. The van der Waals surface area contributed by atoms with Crippen LogP contribution in [0.4, 0.5) is 0 Å². The molecule has 0 spiro atoms. The highest BCUT2D eigenvalue weighted by molar-refractivity contribution is 9.09. The largest absolute Gasteiger partial charge is 0.293 e. The quantitative estimate of drug-likeness (QED) is 0.626. The van der Waals surface area contributed by atoms with Crippen molar-refractivity contribution in [3.63, 3.8) is 0 Å². The molecule has 0 unspecified atom stereocenters. The zero-order valence-electron chi connectivity index (χ0n) is 8.97. The molecule has 88 valence electrons. The fourth-order valence-corrected chi connectivity index (χ4v) is 2.39. The summed E-state index contributed by atoms with van der Waals surface area (Å²) in [5.74, 6) is -0.143. The molecule has 0 N–H and O–H groups in total. The van der Waals surface area contributed by atoms with Gasteiger partial charge in [-0.05, 0) is 12.1 Å². The van der Waals surface area contributed by atoms with E-state index in [-0.39, 0.29) is 16.0 Å². The number of hydrogen-bond donors (Lipinski definition) is 0. The molecule has 0 aliphatic carbocycles. The summed E-state index contributed by atoms with van der Waals surface area (Å²) in [5.41, 5.74) is 0.389. The number of ketones is 1. The van der Waals surface area contributed by atoms with E-state index in [2.05, 4.69) is 15.9 Å². The molecule has 0 bridgehead atoms. The molecule has 16 heavy (non-hydrogen) atoms. The van der Waals surface area contributed by atoms with E-state index in [9.17, 15) is 13.2 Å². The van der Waals surface area contributed by atoms with Gasteiger partial charge < -0.3 is 0 Å². The molecule has 0 fully saturated rings. The molecular formula is C10H12BrNO3S. The van der Waals surface area contributed by atoms with Gasteiger partial charge in [0.15, 0.2) is 5.78 Å². The average Bonchev–Trinajstić information content (AvgIpc) is 2.28. The lowest BCUT2D eigenvalue weighted by Gasteiger charge is -2.11. The summed E-state index contributed by atoms with van der Waals surface area (Å²) in [4.78, 5) is 11.5. The van der Waals surface area contributed by atoms with Gasteiger partial charge in [0.25, 0.3) is 0 Å². The molecule has 0 atom stereocenters. The van der Waals surface area contributed by atoms with Crippen LogP contribution in [0.25, 0.3) is 0 Å². The number of carbonyl (C=O) groups is 1. The van der Waals surface area contributed by atoms with Crippen LogP contribution >= 0.6 is 15.9 Å². The number of Topliss-reactive ketones (excluding diaryl/α,β-unsaturated/α-hetero) is 1. The molecule has 1 aromatic rings. The maximum absolute atomic E-state index is 11.8. The van der Waals surface area contributed by atoms with Gasteiger partial charge in [-0.25, -0.2) is 12.7 Å². The molecular weight excluding hydrogens is 294 g/mol. The number of halogens is 1. The molecule has 0 aliphatic heterocycles. The van der Waals surface area contributed by atoms with E-state index in [1.165, 1.54) is 26.2 Å².